The zero-order valence-electron chi connectivity index (χ0n) is 10.7. The van der Waals surface area contributed by atoms with Gasteiger partial charge in [0.25, 0.3) is 0 Å². The molecular weight excluding hydrogens is 240 g/mol. The summed E-state index contributed by atoms with van der Waals surface area (Å²) in [6, 6.07) is 10.9. The molecule has 0 heterocycles. The fourth-order valence-corrected chi connectivity index (χ4v) is 2.44. The Labute approximate surface area is 110 Å². The first kappa shape index (κ1) is 11.7. The van der Waals surface area contributed by atoms with Crippen LogP contribution >= 0.6 is 0 Å². The Morgan fingerprint density at radius 1 is 0.947 bits per heavy atom. The third-order valence-electron chi connectivity index (χ3n) is 3.40. The second-order valence-corrected chi connectivity index (χ2v) is 4.63. The highest BCUT2D eigenvalue weighted by Crippen LogP contribution is 2.37. The Morgan fingerprint density at radius 3 is 2.26 bits per heavy atom. The van der Waals surface area contributed by atoms with E-state index in [1.165, 1.54) is 7.11 Å². The summed E-state index contributed by atoms with van der Waals surface area (Å²) in [4.78, 5) is 23.9. The summed E-state index contributed by atoms with van der Waals surface area (Å²) < 4.78 is 4.68. The van der Waals surface area contributed by atoms with Gasteiger partial charge in [-0.3, -0.25) is 4.79 Å². The van der Waals surface area contributed by atoms with Gasteiger partial charge in [-0.25, -0.2) is 4.79 Å². The number of ether oxygens (including phenoxy) is 1. The second kappa shape index (κ2) is 4.05. The molecule has 0 saturated heterocycles. The first-order valence-electron chi connectivity index (χ1n) is 6.00. The van der Waals surface area contributed by atoms with Gasteiger partial charge in [-0.05, 0) is 36.2 Å². The largest absolute Gasteiger partial charge is 0.465 e. The zero-order chi connectivity index (χ0) is 13.6. The van der Waals surface area contributed by atoms with E-state index in [-0.39, 0.29) is 5.78 Å². The molecule has 2 aromatic carbocycles. The number of fused-ring (bicyclic) bond motifs is 3. The third-order valence-corrected chi connectivity index (χ3v) is 3.40. The van der Waals surface area contributed by atoms with Crippen molar-refractivity contribution in [1.82, 2.24) is 0 Å². The molecule has 0 atom stereocenters. The van der Waals surface area contributed by atoms with Crippen molar-refractivity contribution < 1.29 is 14.3 Å². The van der Waals surface area contributed by atoms with Crippen molar-refractivity contribution in [3.8, 4) is 11.1 Å². The van der Waals surface area contributed by atoms with Gasteiger partial charge in [0.2, 0.25) is 0 Å². The van der Waals surface area contributed by atoms with Gasteiger partial charge in [0.15, 0.2) is 5.78 Å². The molecule has 0 saturated carbocycles. The summed E-state index contributed by atoms with van der Waals surface area (Å²) in [5.74, 6) is -0.456. The molecule has 0 aliphatic heterocycles. The van der Waals surface area contributed by atoms with Crippen LogP contribution < -0.4 is 0 Å². The van der Waals surface area contributed by atoms with Crippen molar-refractivity contribution >= 4 is 11.8 Å². The van der Waals surface area contributed by atoms with Crippen LogP contribution in [0.4, 0.5) is 0 Å². The average Bonchev–Trinajstić information content (AvgIpc) is 2.71. The predicted octanol–water partition coefficient (Wildman–Crippen LogP) is 2.99. The number of rotatable bonds is 1. The predicted molar refractivity (Wildman–Crippen MR) is 71.4 cm³/mol. The van der Waals surface area contributed by atoms with E-state index in [1.54, 1.807) is 18.2 Å². The number of carbonyl (C=O) groups excluding carboxylic acids is 2. The van der Waals surface area contributed by atoms with Crippen LogP contribution in [-0.2, 0) is 4.74 Å². The van der Waals surface area contributed by atoms with E-state index in [1.807, 2.05) is 25.1 Å². The van der Waals surface area contributed by atoms with Gasteiger partial charge in [0.1, 0.15) is 0 Å². The Kier molecular flexibility index (Phi) is 2.49. The van der Waals surface area contributed by atoms with E-state index in [0.29, 0.717) is 16.7 Å². The minimum Gasteiger partial charge on any atom is -0.465 e. The molecule has 0 unspecified atom stereocenters. The molecule has 0 fully saturated rings. The Hall–Kier alpha value is -2.42. The number of benzene rings is 2. The number of carbonyl (C=O) groups is 2. The number of ketones is 1. The lowest BCUT2D eigenvalue weighted by Gasteiger charge is -2.02. The lowest BCUT2D eigenvalue weighted by Crippen LogP contribution is -2.03. The third kappa shape index (κ3) is 1.66. The number of hydrogen-bond donors (Lipinski definition) is 0. The Bertz CT molecular complexity index is 714. The van der Waals surface area contributed by atoms with Gasteiger partial charge in [-0.15, -0.1) is 0 Å². The molecule has 0 amide bonds. The van der Waals surface area contributed by atoms with E-state index in [4.69, 9.17) is 0 Å². The van der Waals surface area contributed by atoms with Crippen LogP contribution in [0.3, 0.4) is 0 Å². The maximum Gasteiger partial charge on any atom is 0.337 e. The van der Waals surface area contributed by atoms with Crippen molar-refractivity contribution in [2.24, 2.45) is 0 Å². The molecule has 0 bridgehead atoms. The quantitative estimate of drug-likeness (QED) is 0.625. The zero-order valence-corrected chi connectivity index (χ0v) is 10.7. The maximum absolute atomic E-state index is 12.4. The molecule has 2 aromatic rings. The molecule has 94 valence electrons. The highest BCUT2D eigenvalue weighted by molar-refractivity contribution is 6.22. The summed E-state index contributed by atoms with van der Waals surface area (Å²) >= 11 is 0. The number of aryl methyl sites for hydroxylation is 1. The normalized spacial score (nSPS) is 12.0. The smallest absolute Gasteiger partial charge is 0.337 e. The summed E-state index contributed by atoms with van der Waals surface area (Å²) in [6.45, 7) is 1.95. The molecule has 3 rings (SSSR count). The minimum atomic E-state index is -0.428. The average molecular weight is 252 g/mol. The van der Waals surface area contributed by atoms with E-state index >= 15 is 0 Å². The van der Waals surface area contributed by atoms with Gasteiger partial charge < -0.3 is 4.74 Å². The lowest BCUT2D eigenvalue weighted by molar-refractivity contribution is 0.0601. The monoisotopic (exact) mass is 252 g/mol. The van der Waals surface area contributed by atoms with Gasteiger partial charge in [-0.1, -0.05) is 23.8 Å². The van der Waals surface area contributed by atoms with E-state index in [9.17, 15) is 9.59 Å². The lowest BCUT2D eigenvalue weighted by atomic mass is 10.0. The van der Waals surface area contributed by atoms with Crippen molar-refractivity contribution in [1.29, 1.82) is 0 Å². The SMILES string of the molecule is COC(=O)c1ccc2c(c1)C(=O)c1cc(C)ccc1-2. The molecule has 1 aliphatic rings. The van der Waals surface area contributed by atoms with Crippen LogP contribution in [0.25, 0.3) is 11.1 Å². The molecule has 19 heavy (non-hydrogen) atoms. The van der Waals surface area contributed by atoms with Gasteiger partial charge in [0.05, 0.1) is 12.7 Å². The summed E-state index contributed by atoms with van der Waals surface area (Å²) in [6.07, 6.45) is 0. The molecule has 0 aromatic heterocycles. The molecule has 3 nitrogen and oxygen atoms in total. The van der Waals surface area contributed by atoms with Crippen LogP contribution in [-0.4, -0.2) is 18.9 Å². The Balaban J connectivity index is 2.19. The van der Waals surface area contributed by atoms with Crippen LogP contribution in [0.15, 0.2) is 36.4 Å². The number of methoxy groups -OCH3 is 1. The van der Waals surface area contributed by atoms with Gasteiger partial charge >= 0.3 is 5.97 Å². The first-order chi connectivity index (χ1) is 9.11. The topological polar surface area (TPSA) is 43.4 Å². The minimum absolute atomic E-state index is 0.0283. The number of hydrogen-bond acceptors (Lipinski definition) is 3. The number of esters is 1. The van der Waals surface area contributed by atoms with E-state index in [0.717, 1.165) is 16.7 Å². The fourth-order valence-electron chi connectivity index (χ4n) is 2.44. The van der Waals surface area contributed by atoms with Crippen molar-refractivity contribution in [3.63, 3.8) is 0 Å². The molecular formula is C16H12O3. The van der Waals surface area contributed by atoms with Crippen molar-refractivity contribution in [3.05, 3.63) is 58.7 Å². The highest BCUT2D eigenvalue weighted by Gasteiger charge is 2.27. The fraction of sp³-hybridized carbons (Fsp3) is 0.125. The first-order valence-corrected chi connectivity index (χ1v) is 6.00. The summed E-state index contributed by atoms with van der Waals surface area (Å²) in [5.41, 5.74) is 4.54. The van der Waals surface area contributed by atoms with Gasteiger partial charge in [-0.2, -0.15) is 0 Å². The second-order valence-electron chi connectivity index (χ2n) is 4.63. The molecule has 0 radical (unpaired) electrons. The summed E-state index contributed by atoms with van der Waals surface area (Å²) in [7, 11) is 1.33. The van der Waals surface area contributed by atoms with Gasteiger partial charge in [0, 0.05) is 11.1 Å². The Morgan fingerprint density at radius 2 is 1.58 bits per heavy atom. The standard InChI is InChI=1S/C16H12O3/c1-9-3-5-11-12-6-4-10(16(18)19-2)8-14(12)15(17)13(11)7-9/h3-8H,1-2H3. The molecule has 0 spiro atoms. The van der Waals surface area contributed by atoms with Crippen LogP contribution in [0.5, 0.6) is 0 Å². The maximum atomic E-state index is 12.4. The van der Waals surface area contributed by atoms with E-state index < -0.39 is 5.97 Å². The summed E-state index contributed by atoms with van der Waals surface area (Å²) in [5, 5.41) is 0. The van der Waals surface area contributed by atoms with Crippen LogP contribution in [0, 0.1) is 6.92 Å². The van der Waals surface area contributed by atoms with Crippen LogP contribution in [0.1, 0.15) is 31.8 Å². The van der Waals surface area contributed by atoms with Crippen LogP contribution in [0.2, 0.25) is 0 Å². The van der Waals surface area contributed by atoms with Crippen molar-refractivity contribution in [2.75, 3.05) is 7.11 Å². The molecule has 3 heteroatoms. The molecule has 1 aliphatic carbocycles. The van der Waals surface area contributed by atoms with E-state index in [2.05, 4.69) is 4.74 Å². The van der Waals surface area contributed by atoms with Crippen molar-refractivity contribution in [2.45, 2.75) is 6.92 Å². The highest BCUT2D eigenvalue weighted by atomic mass is 16.5. The molecule has 0 N–H and O–H groups in total.